The molecular weight excluding hydrogens is 273 g/mol. The van der Waals surface area contributed by atoms with Crippen LogP contribution in [0.2, 0.25) is 0 Å². The van der Waals surface area contributed by atoms with Gasteiger partial charge in [0.25, 0.3) is 0 Å². The highest BCUT2D eigenvalue weighted by molar-refractivity contribution is 7.98. The van der Waals surface area contributed by atoms with Gasteiger partial charge in [-0.25, -0.2) is 9.37 Å². The van der Waals surface area contributed by atoms with E-state index in [1.807, 2.05) is 35.9 Å². The zero-order valence-electron chi connectivity index (χ0n) is 11.0. The maximum Gasteiger partial charge on any atom is 0.139 e. The van der Waals surface area contributed by atoms with E-state index in [0.717, 1.165) is 21.8 Å². The topological polar surface area (TPSA) is 43.3 Å². The van der Waals surface area contributed by atoms with Crippen LogP contribution in [-0.2, 0) is 5.75 Å². The Kier molecular flexibility index (Phi) is 3.36. The van der Waals surface area contributed by atoms with Gasteiger partial charge in [0.2, 0.25) is 0 Å². The zero-order chi connectivity index (χ0) is 14.1. The number of hydrogen-bond donors (Lipinski definition) is 1. The molecule has 0 unspecified atom stereocenters. The number of pyridine rings is 1. The monoisotopic (exact) mass is 287 g/mol. The van der Waals surface area contributed by atoms with E-state index in [2.05, 4.69) is 4.98 Å². The van der Waals surface area contributed by atoms with Crippen molar-refractivity contribution in [1.82, 2.24) is 9.38 Å². The maximum absolute atomic E-state index is 13.3. The van der Waals surface area contributed by atoms with Crippen molar-refractivity contribution < 1.29 is 4.39 Å². The van der Waals surface area contributed by atoms with E-state index in [1.165, 1.54) is 23.9 Å². The Bertz CT molecular complexity index is 747. The Balaban J connectivity index is 1.81. The normalized spacial score (nSPS) is 11.1. The van der Waals surface area contributed by atoms with Gasteiger partial charge in [0, 0.05) is 28.7 Å². The fourth-order valence-electron chi connectivity index (χ4n) is 2.10. The van der Waals surface area contributed by atoms with Gasteiger partial charge >= 0.3 is 0 Å². The first-order chi connectivity index (χ1) is 9.61. The summed E-state index contributed by atoms with van der Waals surface area (Å²) in [6.07, 6.45) is 3.97. The summed E-state index contributed by atoms with van der Waals surface area (Å²) in [5.41, 5.74) is 9.14. The quantitative estimate of drug-likeness (QED) is 0.590. The lowest BCUT2D eigenvalue weighted by atomic mass is 10.3. The zero-order valence-corrected chi connectivity index (χ0v) is 11.8. The summed E-state index contributed by atoms with van der Waals surface area (Å²) in [5, 5.41) is 0. The highest BCUT2D eigenvalue weighted by Gasteiger charge is 2.05. The molecule has 3 aromatic rings. The lowest BCUT2D eigenvalue weighted by Crippen LogP contribution is -1.88. The van der Waals surface area contributed by atoms with Crippen LogP contribution in [0.15, 0.2) is 47.6 Å². The predicted octanol–water partition coefficient (Wildman–Crippen LogP) is 3.66. The summed E-state index contributed by atoms with van der Waals surface area (Å²) < 4.78 is 15.3. The van der Waals surface area contributed by atoms with Crippen molar-refractivity contribution in [2.45, 2.75) is 17.6 Å². The Morgan fingerprint density at radius 2 is 2.20 bits per heavy atom. The Morgan fingerprint density at radius 3 is 2.95 bits per heavy atom. The second kappa shape index (κ2) is 5.17. The third-order valence-corrected chi connectivity index (χ3v) is 4.02. The van der Waals surface area contributed by atoms with E-state index in [1.54, 1.807) is 6.07 Å². The van der Waals surface area contributed by atoms with Crippen LogP contribution in [0, 0.1) is 12.7 Å². The highest BCUT2D eigenvalue weighted by Crippen LogP contribution is 2.25. The number of halogens is 1. The van der Waals surface area contributed by atoms with Crippen LogP contribution in [0.1, 0.15) is 11.3 Å². The number of nitrogens with two attached hydrogens (primary N) is 1. The predicted molar refractivity (Wildman–Crippen MR) is 80.3 cm³/mol. The van der Waals surface area contributed by atoms with Crippen molar-refractivity contribution in [2.24, 2.45) is 0 Å². The summed E-state index contributed by atoms with van der Waals surface area (Å²) >= 11 is 1.53. The van der Waals surface area contributed by atoms with Crippen molar-refractivity contribution in [1.29, 1.82) is 0 Å². The number of anilines is 1. The number of aryl methyl sites for hydroxylation is 1. The van der Waals surface area contributed by atoms with Crippen LogP contribution in [0.3, 0.4) is 0 Å². The first-order valence-corrected chi connectivity index (χ1v) is 7.22. The molecule has 0 saturated heterocycles. The van der Waals surface area contributed by atoms with Gasteiger partial charge in [0.05, 0.1) is 5.69 Å². The van der Waals surface area contributed by atoms with Crippen molar-refractivity contribution in [3.63, 3.8) is 0 Å². The number of benzene rings is 1. The molecule has 0 spiro atoms. The van der Waals surface area contributed by atoms with Gasteiger partial charge in [-0.3, -0.25) is 0 Å². The maximum atomic E-state index is 13.3. The van der Waals surface area contributed by atoms with E-state index >= 15 is 0 Å². The van der Waals surface area contributed by atoms with Gasteiger partial charge in [-0.05, 0) is 36.8 Å². The van der Waals surface area contributed by atoms with Crippen LogP contribution >= 0.6 is 11.8 Å². The lowest BCUT2D eigenvalue weighted by molar-refractivity contribution is 0.625. The van der Waals surface area contributed by atoms with Gasteiger partial charge in [-0.15, -0.1) is 11.8 Å². The third-order valence-electron chi connectivity index (χ3n) is 3.01. The number of hydrogen-bond acceptors (Lipinski definition) is 3. The molecule has 0 aliphatic carbocycles. The molecule has 3 nitrogen and oxygen atoms in total. The summed E-state index contributed by atoms with van der Waals surface area (Å²) in [4.78, 5) is 5.41. The summed E-state index contributed by atoms with van der Waals surface area (Å²) in [6.45, 7) is 2.03. The standard InChI is InChI=1S/C15H14FN3S/c1-10-3-2-4-19-8-13(18-15(10)19)9-20-14-6-11(16)5-12(17)7-14/h2-8H,9,17H2,1H3. The van der Waals surface area contributed by atoms with E-state index in [4.69, 9.17) is 5.73 Å². The van der Waals surface area contributed by atoms with Gasteiger partial charge in [-0.1, -0.05) is 6.07 Å². The van der Waals surface area contributed by atoms with E-state index in [-0.39, 0.29) is 5.82 Å². The second-order valence-corrected chi connectivity index (χ2v) is 5.71. The number of aromatic nitrogens is 2. The molecule has 102 valence electrons. The van der Waals surface area contributed by atoms with Gasteiger partial charge in [-0.2, -0.15) is 0 Å². The van der Waals surface area contributed by atoms with Crippen LogP contribution in [0.25, 0.3) is 5.65 Å². The van der Waals surface area contributed by atoms with Crippen LogP contribution in [0.5, 0.6) is 0 Å². The number of imidazole rings is 1. The van der Waals surface area contributed by atoms with Crippen LogP contribution < -0.4 is 5.73 Å². The fraction of sp³-hybridized carbons (Fsp3) is 0.133. The minimum atomic E-state index is -0.307. The molecule has 2 heterocycles. The minimum Gasteiger partial charge on any atom is -0.399 e. The molecule has 0 saturated carbocycles. The highest BCUT2D eigenvalue weighted by atomic mass is 32.2. The Labute approximate surface area is 120 Å². The average Bonchev–Trinajstić information content (AvgIpc) is 2.80. The molecule has 2 aromatic heterocycles. The molecule has 20 heavy (non-hydrogen) atoms. The largest absolute Gasteiger partial charge is 0.399 e. The van der Waals surface area contributed by atoms with Crippen molar-refractivity contribution in [3.8, 4) is 0 Å². The molecule has 2 N–H and O–H groups in total. The van der Waals surface area contributed by atoms with E-state index in [9.17, 15) is 4.39 Å². The molecule has 0 aliphatic rings. The number of rotatable bonds is 3. The molecule has 0 radical (unpaired) electrons. The number of fused-ring (bicyclic) bond motifs is 1. The molecule has 0 aliphatic heterocycles. The SMILES string of the molecule is Cc1cccn2cc(CSc3cc(N)cc(F)c3)nc12. The number of nitrogen functional groups attached to an aromatic ring is 1. The van der Waals surface area contributed by atoms with Crippen molar-refractivity contribution in [3.05, 3.63) is 59.8 Å². The fourth-order valence-corrected chi connectivity index (χ4v) is 2.97. The molecule has 5 heteroatoms. The molecule has 0 amide bonds. The van der Waals surface area contributed by atoms with Gasteiger partial charge in [0.1, 0.15) is 11.5 Å². The molecule has 1 aromatic carbocycles. The van der Waals surface area contributed by atoms with Crippen LogP contribution in [0.4, 0.5) is 10.1 Å². The summed E-state index contributed by atoms with van der Waals surface area (Å²) in [5.74, 6) is 0.377. The van der Waals surface area contributed by atoms with Crippen LogP contribution in [-0.4, -0.2) is 9.38 Å². The molecule has 0 bridgehead atoms. The van der Waals surface area contributed by atoms with E-state index in [0.29, 0.717) is 11.4 Å². The summed E-state index contributed by atoms with van der Waals surface area (Å²) in [6, 6.07) is 8.61. The first kappa shape index (κ1) is 13.0. The number of nitrogens with zero attached hydrogens (tertiary/aromatic N) is 2. The molecular formula is C15H14FN3S. The molecule has 0 atom stereocenters. The lowest BCUT2D eigenvalue weighted by Gasteiger charge is -2.01. The van der Waals surface area contributed by atoms with E-state index < -0.39 is 0 Å². The molecule has 3 rings (SSSR count). The van der Waals surface area contributed by atoms with Crippen molar-refractivity contribution >= 4 is 23.1 Å². The first-order valence-electron chi connectivity index (χ1n) is 6.24. The molecule has 0 fully saturated rings. The van der Waals surface area contributed by atoms with Gasteiger partial charge in [0.15, 0.2) is 0 Å². The smallest absolute Gasteiger partial charge is 0.139 e. The van der Waals surface area contributed by atoms with Gasteiger partial charge < -0.3 is 10.1 Å². The third kappa shape index (κ3) is 2.63. The number of thioether (sulfide) groups is 1. The average molecular weight is 287 g/mol. The Hall–Kier alpha value is -2.01. The summed E-state index contributed by atoms with van der Waals surface area (Å²) in [7, 11) is 0. The Morgan fingerprint density at radius 1 is 1.35 bits per heavy atom. The minimum absolute atomic E-state index is 0.307. The second-order valence-electron chi connectivity index (χ2n) is 4.66. The van der Waals surface area contributed by atoms with Crippen molar-refractivity contribution in [2.75, 3.05) is 5.73 Å².